The fraction of sp³-hybridized carbons (Fsp3) is 0.400. The molecule has 1 nitrogen and oxygen atoms in total. The van der Waals surface area contributed by atoms with E-state index in [2.05, 4.69) is 0 Å². The van der Waals surface area contributed by atoms with E-state index < -0.39 is 11.9 Å². The molecule has 5 heteroatoms. The summed E-state index contributed by atoms with van der Waals surface area (Å²) in [6.07, 6.45) is -3.42. The van der Waals surface area contributed by atoms with Crippen LogP contribution in [0.3, 0.4) is 0 Å². The molecular weight excluding hydrogens is 223 g/mol. The van der Waals surface area contributed by atoms with Crippen molar-refractivity contribution in [1.82, 2.24) is 0 Å². The highest BCUT2D eigenvalue weighted by Gasteiger charge is 2.27. The maximum absolute atomic E-state index is 11.9. The van der Waals surface area contributed by atoms with Gasteiger partial charge in [-0.2, -0.15) is 13.2 Å². The molecule has 0 aliphatic heterocycles. The number of thioether (sulfide) groups is 1. The molecule has 84 valence electrons. The summed E-state index contributed by atoms with van der Waals surface area (Å²) in [5, 5.41) is 0. The lowest BCUT2D eigenvalue weighted by Crippen LogP contribution is -2.10. The number of alkyl halides is 3. The summed E-state index contributed by atoms with van der Waals surface area (Å²) in [4.78, 5) is 0.637. The van der Waals surface area contributed by atoms with E-state index in [-0.39, 0.29) is 0 Å². The largest absolute Gasteiger partial charge is 0.398 e. The lowest BCUT2D eigenvalue weighted by atomic mass is 10.2. The van der Waals surface area contributed by atoms with Gasteiger partial charge < -0.3 is 5.73 Å². The quantitative estimate of drug-likeness (QED) is 0.812. The maximum atomic E-state index is 11.9. The third kappa shape index (κ3) is 5.09. The van der Waals surface area contributed by atoms with Crippen molar-refractivity contribution in [1.29, 1.82) is 0 Å². The summed E-state index contributed by atoms with van der Waals surface area (Å²) in [6.45, 7) is 0.507. The van der Waals surface area contributed by atoms with Gasteiger partial charge in [-0.15, -0.1) is 11.8 Å². The zero-order valence-electron chi connectivity index (χ0n) is 8.05. The Balaban J connectivity index is 2.57. The number of benzene rings is 1. The van der Waals surface area contributed by atoms with E-state index in [1.807, 2.05) is 6.07 Å². The van der Waals surface area contributed by atoms with Gasteiger partial charge in [-0.1, -0.05) is 12.1 Å². The van der Waals surface area contributed by atoms with Crippen LogP contribution in [0.25, 0.3) is 0 Å². The van der Waals surface area contributed by atoms with Gasteiger partial charge in [0.2, 0.25) is 0 Å². The van der Waals surface area contributed by atoms with Crippen LogP contribution in [0.1, 0.15) is 5.56 Å². The van der Waals surface area contributed by atoms with Crippen molar-refractivity contribution < 1.29 is 13.2 Å². The van der Waals surface area contributed by atoms with Crippen LogP contribution < -0.4 is 5.73 Å². The second kappa shape index (κ2) is 5.42. The second-order valence-electron chi connectivity index (χ2n) is 3.09. The Morgan fingerprint density at radius 2 is 2.00 bits per heavy atom. The highest BCUT2D eigenvalue weighted by molar-refractivity contribution is 7.99. The average molecular weight is 235 g/mol. The Morgan fingerprint density at radius 1 is 1.27 bits per heavy atom. The Bertz CT molecular complexity index is 312. The molecule has 0 aliphatic carbocycles. The first-order valence-corrected chi connectivity index (χ1v) is 5.48. The molecule has 0 heterocycles. The molecule has 0 unspecified atom stereocenters. The van der Waals surface area contributed by atoms with Crippen molar-refractivity contribution in [2.45, 2.75) is 17.5 Å². The van der Waals surface area contributed by atoms with Crippen molar-refractivity contribution >= 4 is 11.8 Å². The van der Waals surface area contributed by atoms with Gasteiger partial charge in [0.05, 0.1) is 5.75 Å². The number of hydrogen-bond donors (Lipinski definition) is 1. The van der Waals surface area contributed by atoms with Crippen LogP contribution in [0.15, 0.2) is 29.2 Å². The van der Waals surface area contributed by atoms with Gasteiger partial charge in [-0.05, 0) is 30.7 Å². The minimum absolute atomic E-state index is 0.507. The van der Waals surface area contributed by atoms with Crippen molar-refractivity contribution in [3.05, 3.63) is 29.8 Å². The van der Waals surface area contributed by atoms with Crippen LogP contribution in [-0.4, -0.2) is 18.5 Å². The van der Waals surface area contributed by atoms with Crippen LogP contribution in [0, 0.1) is 0 Å². The molecule has 0 atom stereocenters. The number of nitrogens with two attached hydrogens (primary N) is 1. The minimum Gasteiger partial charge on any atom is -0.330 e. The van der Waals surface area contributed by atoms with E-state index in [0.29, 0.717) is 17.9 Å². The Labute approximate surface area is 90.9 Å². The molecule has 0 aromatic heterocycles. The Kier molecular flexibility index (Phi) is 4.47. The fourth-order valence-electron chi connectivity index (χ4n) is 1.12. The molecule has 0 saturated carbocycles. The van der Waals surface area contributed by atoms with Crippen LogP contribution in [0.4, 0.5) is 13.2 Å². The van der Waals surface area contributed by atoms with E-state index in [1.165, 1.54) is 0 Å². The summed E-state index contributed by atoms with van der Waals surface area (Å²) in [7, 11) is 0. The topological polar surface area (TPSA) is 26.0 Å². The maximum Gasteiger partial charge on any atom is 0.398 e. The smallest absolute Gasteiger partial charge is 0.330 e. The van der Waals surface area contributed by atoms with Crippen molar-refractivity contribution in [2.75, 3.05) is 12.3 Å². The molecular formula is C10H12F3NS. The summed E-state index contributed by atoms with van der Waals surface area (Å²) >= 11 is 0.802. The van der Waals surface area contributed by atoms with Gasteiger partial charge in [0.1, 0.15) is 0 Å². The van der Waals surface area contributed by atoms with Gasteiger partial charge in [0, 0.05) is 4.90 Å². The molecule has 15 heavy (non-hydrogen) atoms. The first-order chi connectivity index (χ1) is 7.01. The zero-order valence-corrected chi connectivity index (χ0v) is 8.87. The Morgan fingerprint density at radius 3 is 2.60 bits per heavy atom. The van der Waals surface area contributed by atoms with Crippen molar-refractivity contribution in [2.24, 2.45) is 5.73 Å². The Hall–Kier alpha value is -0.680. The molecule has 0 radical (unpaired) electrons. The molecule has 0 bridgehead atoms. The monoisotopic (exact) mass is 235 g/mol. The molecule has 1 rings (SSSR count). The molecule has 0 spiro atoms. The number of rotatable bonds is 4. The third-order valence-electron chi connectivity index (χ3n) is 1.73. The number of halogens is 3. The summed E-state index contributed by atoms with van der Waals surface area (Å²) in [5.41, 5.74) is 6.34. The first kappa shape index (κ1) is 12.4. The predicted octanol–water partition coefficient (Wildman–Crippen LogP) is 2.84. The highest BCUT2D eigenvalue weighted by Crippen LogP contribution is 2.27. The van der Waals surface area contributed by atoms with Crippen molar-refractivity contribution in [3.8, 4) is 0 Å². The van der Waals surface area contributed by atoms with Crippen LogP contribution in [0.5, 0.6) is 0 Å². The third-order valence-corrected chi connectivity index (χ3v) is 2.79. The lowest BCUT2D eigenvalue weighted by Gasteiger charge is -2.07. The molecule has 0 saturated heterocycles. The normalized spacial score (nSPS) is 11.7. The van der Waals surface area contributed by atoms with Gasteiger partial charge in [-0.25, -0.2) is 0 Å². The molecule has 0 fully saturated rings. The van der Waals surface area contributed by atoms with E-state index in [4.69, 9.17) is 5.73 Å². The standard InChI is InChI=1S/C10H12F3NS/c11-10(12,13)7-15-9-3-1-2-8(6-9)4-5-14/h1-3,6H,4-5,7,14H2. The minimum atomic E-state index is -4.12. The van der Waals surface area contributed by atoms with Gasteiger partial charge in [0.25, 0.3) is 0 Å². The average Bonchev–Trinajstić information content (AvgIpc) is 2.15. The first-order valence-electron chi connectivity index (χ1n) is 4.50. The second-order valence-corrected chi connectivity index (χ2v) is 4.14. The van der Waals surface area contributed by atoms with Crippen LogP contribution in [0.2, 0.25) is 0 Å². The lowest BCUT2D eigenvalue weighted by molar-refractivity contribution is -0.105. The molecule has 2 N–H and O–H groups in total. The van der Waals surface area contributed by atoms with E-state index in [0.717, 1.165) is 17.3 Å². The van der Waals surface area contributed by atoms with Gasteiger partial charge in [-0.3, -0.25) is 0 Å². The molecule has 0 aliphatic rings. The SMILES string of the molecule is NCCc1cccc(SCC(F)(F)F)c1. The summed E-state index contributed by atoms with van der Waals surface area (Å²) in [5.74, 6) is -0.848. The van der Waals surface area contributed by atoms with E-state index in [9.17, 15) is 13.2 Å². The predicted molar refractivity (Wildman–Crippen MR) is 56.0 cm³/mol. The van der Waals surface area contributed by atoms with E-state index in [1.54, 1.807) is 18.2 Å². The summed E-state index contributed by atoms with van der Waals surface area (Å²) < 4.78 is 35.8. The van der Waals surface area contributed by atoms with E-state index >= 15 is 0 Å². The summed E-state index contributed by atoms with van der Waals surface area (Å²) in [6, 6.07) is 7.05. The van der Waals surface area contributed by atoms with Gasteiger partial charge in [0.15, 0.2) is 0 Å². The molecule has 0 amide bonds. The molecule has 1 aromatic rings. The molecule has 1 aromatic carbocycles. The number of hydrogen-bond acceptors (Lipinski definition) is 2. The fourth-order valence-corrected chi connectivity index (χ4v) is 1.86. The van der Waals surface area contributed by atoms with Gasteiger partial charge >= 0.3 is 6.18 Å². The van der Waals surface area contributed by atoms with Crippen molar-refractivity contribution in [3.63, 3.8) is 0 Å². The van der Waals surface area contributed by atoms with Crippen LogP contribution in [-0.2, 0) is 6.42 Å². The van der Waals surface area contributed by atoms with Crippen LogP contribution >= 0.6 is 11.8 Å². The zero-order chi connectivity index (χ0) is 11.3. The highest BCUT2D eigenvalue weighted by atomic mass is 32.2.